The van der Waals surface area contributed by atoms with E-state index in [2.05, 4.69) is 5.10 Å². The molecule has 0 atom stereocenters. The van der Waals surface area contributed by atoms with Gasteiger partial charge in [-0.2, -0.15) is 5.10 Å². The SMILES string of the molecule is CC(C)n1cc(-n2c(Cl)c(Sc3cccc(C(=O)O)c3F)c3ccc(Cl)c(F)c32)cn1. The van der Waals surface area contributed by atoms with Crippen molar-refractivity contribution in [2.24, 2.45) is 0 Å². The summed E-state index contributed by atoms with van der Waals surface area (Å²) in [6.45, 7) is 3.90. The number of halogens is 4. The first-order valence-corrected chi connectivity index (χ1v) is 10.7. The van der Waals surface area contributed by atoms with Crippen LogP contribution in [0.4, 0.5) is 8.78 Å². The highest BCUT2D eigenvalue weighted by molar-refractivity contribution is 7.99. The summed E-state index contributed by atoms with van der Waals surface area (Å²) in [7, 11) is 0. The summed E-state index contributed by atoms with van der Waals surface area (Å²) in [5, 5.41) is 13.9. The Morgan fingerprint density at radius 2 is 1.90 bits per heavy atom. The lowest BCUT2D eigenvalue weighted by Gasteiger charge is -2.07. The van der Waals surface area contributed by atoms with Crippen molar-refractivity contribution in [3.63, 3.8) is 0 Å². The Morgan fingerprint density at radius 3 is 2.55 bits per heavy atom. The largest absolute Gasteiger partial charge is 0.478 e. The highest BCUT2D eigenvalue weighted by atomic mass is 35.5. The van der Waals surface area contributed by atoms with Crippen molar-refractivity contribution in [3.05, 3.63) is 70.1 Å². The molecule has 5 nitrogen and oxygen atoms in total. The molecule has 0 aliphatic heterocycles. The molecule has 0 aliphatic rings. The molecule has 0 saturated heterocycles. The average molecular weight is 482 g/mol. The van der Waals surface area contributed by atoms with Crippen molar-refractivity contribution in [1.82, 2.24) is 14.3 Å². The van der Waals surface area contributed by atoms with Gasteiger partial charge in [0.2, 0.25) is 0 Å². The van der Waals surface area contributed by atoms with Crippen molar-refractivity contribution in [2.75, 3.05) is 0 Å². The highest BCUT2D eigenvalue weighted by Crippen LogP contribution is 2.45. The van der Waals surface area contributed by atoms with Gasteiger partial charge in [0.15, 0.2) is 11.6 Å². The molecule has 2 aromatic heterocycles. The molecule has 31 heavy (non-hydrogen) atoms. The number of rotatable bonds is 5. The summed E-state index contributed by atoms with van der Waals surface area (Å²) >= 11 is 13.6. The minimum absolute atomic E-state index is 0.0501. The van der Waals surface area contributed by atoms with Crippen LogP contribution in [0.2, 0.25) is 10.2 Å². The Bertz CT molecular complexity index is 1330. The summed E-state index contributed by atoms with van der Waals surface area (Å²) in [5.74, 6) is -2.95. The normalized spacial score (nSPS) is 11.6. The van der Waals surface area contributed by atoms with E-state index in [0.29, 0.717) is 16.0 Å². The molecule has 10 heteroatoms. The Labute approximate surface area is 190 Å². The molecular weight excluding hydrogens is 467 g/mol. The van der Waals surface area contributed by atoms with Gasteiger partial charge in [-0.3, -0.25) is 9.25 Å². The third kappa shape index (κ3) is 3.69. The van der Waals surface area contributed by atoms with Crippen LogP contribution in [0.25, 0.3) is 16.6 Å². The maximum absolute atomic E-state index is 15.1. The Hall–Kier alpha value is -2.55. The molecule has 0 amide bonds. The molecule has 0 bridgehead atoms. The second-order valence-corrected chi connectivity index (χ2v) is 8.83. The predicted octanol–water partition coefficient (Wildman–Crippen LogP) is 6.84. The Morgan fingerprint density at radius 1 is 1.16 bits per heavy atom. The molecule has 0 aliphatic carbocycles. The molecule has 4 aromatic rings. The number of nitrogens with zero attached hydrogens (tertiary/aromatic N) is 3. The van der Waals surface area contributed by atoms with E-state index in [9.17, 15) is 14.3 Å². The minimum atomic E-state index is -1.38. The predicted molar refractivity (Wildman–Crippen MR) is 117 cm³/mol. The van der Waals surface area contributed by atoms with Crippen LogP contribution >= 0.6 is 35.0 Å². The van der Waals surface area contributed by atoms with Gasteiger partial charge in [-0.1, -0.05) is 41.0 Å². The fourth-order valence-electron chi connectivity index (χ4n) is 3.18. The fraction of sp³-hybridized carbons (Fsp3) is 0.143. The van der Waals surface area contributed by atoms with E-state index >= 15 is 4.39 Å². The summed E-state index contributed by atoms with van der Waals surface area (Å²) < 4.78 is 33.0. The van der Waals surface area contributed by atoms with E-state index in [1.54, 1.807) is 23.1 Å². The number of carboxylic acid groups (broad SMARTS) is 1. The van der Waals surface area contributed by atoms with Gasteiger partial charge in [-0.05, 0) is 38.1 Å². The number of benzene rings is 2. The van der Waals surface area contributed by atoms with Gasteiger partial charge >= 0.3 is 5.97 Å². The van der Waals surface area contributed by atoms with E-state index in [-0.39, 0.29) is 26.6 Å². The van der Waals surface area contributed by atoms with Crippen molar-refractivity contribution >= 4 is 51.8 Å². The lowest BCUT2D eigenvalue weighted by atomic mass is 10.2. The first kappa shape index (κ1) is 21.7. The molecule has 0 unspecified atom stereocenters. The summed E-state index contributed by atoms with van der Waals surface area (Å²) in [4.78, 5) is 11.7. The van der Waals surface area contributed by atoms with Gasteiger partial charge in [0.05, 0.1) is 32.9 Å². The Kier molecular flexibility index (Phi) is 5.72. The van der Waals surface area contributed by atoms with Gasteiger partial charge in [0.25, 0.3) is 0 Å². The fourth-order valence-corrected chi connectivity index (χ4v) is 4.75. The molecule has 1 N–H and O–H groups in total. The first-order chi connectivity index (χ1) is 14.7. The Balaban J connectivity index is 1.95. The maximum atomic E-state index is 15.1. The molecule has 2 aromatic carbocycles. The van der Waals surface area contributed by atoms with Crippen LogP contribution in [0.15, 0.2) is 52.5 Å². The van der Waals surface area contributed by atoms with Crippen LogP contribution in [0.5, 0.6) is 0 Å². The van der Waals surface area contributed by atoms with Crippen LogP contribution in [0.3, 0.4) is 0 Å². The smallest absolute Gasteiger partial charge is 0.338 e. The van der Waals surface area contributed by atoms with E-state index in [1.807, 2.05) is 13.8 Å². The molecule has 2 heterocycles. The molecule has 4 rings (SSSR count). The molecular formula is C21H15Cl2F2N3O2S. The zero-order valence-electron chi connectivity index (χ0n) is 16.2. The number of hydrogen-bond acceptors (Lipinski definition) is 3. The lowest BCUT2D eigenvalue weighted by molar-refractivity contribution is 0.0691. The molecule has 0 fully saturated rings. The molecule has 0 saturated carbocycles. The monoisotopic (exact) mass is 481 g/mol. The van der Waals surface area contributed by atoms with Gasteiger partial charge in [-0.15, -0.1) is 0 Å². The third-order valence-electron chi connectivity index (χ3n) is 4.70. The minimum Gasteiger partial charge on any atom is -0.478 e. The quantitative estimate of drug-likeness (QED) is 0.338. The zero-order valence-corrected chi connectivity index (χ0v) is 18.6. The van der Waals surface area contributed by atoms with Crippen LogP contribution in [0, 0.1) is 11.6 Å². The molecule has 0 radical (unpaired) electrons. The van der Waals surface area contributed by atoms with Crippen LogP contribution in [-0.2, 0) is 0 Å². The first-order valence-electron chi connectivity index (χ1n) is 9.12. The van der Waals surface area contributed by atoms with E-state index in [4.69, 9.17) is 23.2 Å². The number of carboxylic acids is 1. The van der Waals surface area contributed by atoms with Crippen molar-refractivity contribution in [3.8, 4) is 5.69 Å². The topological polar surface area (TPSA) is 60.0 Å². The lowest BCUT2D eigenvalue weighted by Crippen LogP contribution is -2.01. The summed E-state index contributed by atoms with van der Waals surface area (Å²) in [6, 6.07) is 7.11. The van der Waals surface area contributed by atoms with Gasteiger partial charge < -0.3 is 5.11 Å². The van der Waals surface area contributed by atoms with Crippen LogP contribution in [0.1, 0.15) is 30.2 Å². The number of aromatic nitrogens is 3. The number of carbonyl (C=O) groups is 1. The highest BCUT2D eigenvalue weighted by Gasteiger charge is 2.25. The van der Waals surface area contributed by atoms with Gasteiger partial charge in [0, 0.05) is 22.5 Å². The molecule has 0 spiro atoms. The van der Waals surface area contributed by atoms with Crippen LogP contribution in [-0.4, -0.2) is 25.4 Å². The van der Waals surface area contributed by atoms with E-state index in [0.717, 1.165) is 11.8 Å². The number of hydrogen-bond donors (Lipinski definition) is 1. The second-order valence-electron chi connectivity index (χ2n) is 7.01. The third-order valence-corrected chi connectivity index (χ3v) is 6.62. The van der Waals surface area contributed by atoms with Crippen molar-refractivity contribution in [1.29, 1.82) is 0 Å². The van der Waals surface area contributed by atoms with Gasteiger partial charge in [-0.25, -0.2) is 13.6 Å². The second kappa shape index (κ2) is 8.18. The van der Waals surface area contributed by atoms with E-state index in [1.165, 1.54) is 28.8 Å². The summed E-state index contributed by atoms with van der Waals surface area (Å²) in [6.07, 6.45) is 3.27. The molecule has 160 valence electrons. The van der Waals surface area contributed by atoms with Crippen molar-refractivity contribution < 1.29 is 18.7 Å². The average Bonchev–Trinajstić information content (AvgIpc) is 3.30. The standard InChI is InChI=1S/C21H15Cl2F2N3O2S/c1-10(2)27-9-11(8-26-27)28-18-13(6-7-14(22)17(18)25)19(20(28)23)31-15-5-3-4-12(16(15)24)21(29)30/h3-10H,1-2H3,(H,29,30). The van der Waals surface area contributed by atoms with E-state index < -0.39 is 23.2 Å². The number of aromatic carboxylic acids is 1. The van der Waals surface area contributed by atoms with Crippen LogP contribution < -0.4 is 0 Å². The van der Waals surface area contributed by atoms with Gasteiger partial charge in [0.1, 0.15) is 5.15 Å². The zero-order chi connectivity index (χ0) is 22.4. The maximum Gasteiger partial charge on any atom is 0.338 e. The number of fused-ring (bicyclic) bond motifs is 1. The van der Waals surface area contributed by atoms with Crippen molar-refractivity contribution in [2.45, 2.75) is 29.7 Å². The summed E-state index contributed by atoms with van der Waals surface area (Å²) in [5.41, 5.74) is 0.173.